The molecule has 4 N–H and O–H groups in total. The maximum Gasteiger partial charge on any atom is 0.306 e. The van der Waals surface area contributed by atoms with Crippen molar-refractivity contribution in [2.24, 2.45) is 0 Å². The first-order valence-corrected chi connectivity index (χ1v) is 24.3. The quantitative estimate of drug-likeness (QED) is 0.0267. The first-order valence-electron chi connectivity index (χ1n) is 24.3. The minimum atomic E-state index is -1.62. The van der Waals surface area contributed by atoms with E-state index in [-0.39, 0.29) is 26.1 Å². The van der Waals surface area contributed by atoms with Crippen molar-refractivity contribution in [1.29, 1.82) is 0 Å². The maximum absolute atomic E-state index is 12.8. The number of rotatable bonds is 39. The Morgan fingerprint density at radius 1 is 0.492 bits per heavy atom. The maximum atomic E-state index is 12.8. The average Bonchev–Trinajstić information content (AvgIpc) is 3.28. The zero-order chi connectivity index (χ0) is 45.9. The summed E-state index contributed by atoms with van der Waals surface area (Å²) in [5, 5.41) is 40.1. The van der Waals surface area contributed by atoms with E-state index in [0.29, 0.717) is 12.8 Å². The molecule has 1 heterocycles. The summed E-state index contributed by atoms with van der Waals surface area (Å²) in [5.41, 5.74) is 0. The van der Waals surface area contributed by atoms with E-state index in [9.17, 15) is 30.0 Å². The van der Waals surface area contributed by atoms with E-state index in [1.807, 2.05) is 6.08 Å². The van der Waals surface area contributed by atoms with Crippen LogP contribution >= 0.6 is 0 Å². The Bertz CT molecular complexity index is 1340. The second-order valence-electron chi connectivity index (χ2n) is 16.2. The van der Waals surface area contributed by atoms with Gasteiger partial charge < -0.3 is 39.4 Å². The summed E-state index contributed by atoms with van der Waals surface area (Å²) < 4.78 is 22.1. The molecule has 0 amide bonds. The zero-order valence-corrected chi connectivity index (χ0v) is 39.0. The van der Waals surface area contributed by atoms with E-state index < -0.39 is 55.4 Å². The van der Waals surface area contributed by atoms with Gasteiger partial charge in [-0.3, -0.25) is 9.59 Å². The molecule has 0 aromatic heterocycles. The lowest BCUT2D eigenvalue weighted by Gasteiger charge is -2.39. The summed E-state index contributed by atoms with van der Waals surface area (Å²) in [6.07, 6.45) is 49.9. The summed E-state index contributed by atoms with van der Waals surface area (Å²) in [7, 11) is 0. The van der Waals surface area contributed by atoms with Gasteiger partial charge in [0.25, 0.3) is 0 Å². The van der Waals surface area contributed by atoms with E-state index in [1.54, 1.807) is 0 Å². The van der Waals surface area contributed by atoms with Crippen molar-refractivity contribution in [2.75, 3.05) is 19.8 Å². The summed E-state index contributed by atoms with van der Waals surface area (Å²) in [5.74, 6) is -0.917. The molecule has 0 bridgehead atoms. The molecule has 63 heavy (non-hydrogen) atoms. The Labute approximate surface area is 381 Å². The minimum absolute atomic E-state index is 0.175. The molecule has 1 fully saturated rings. The van der Waals surface area contributed by atoms with Crippen LogP contribution in [0.15, 0.2) is 97.2 Å². The highest BCUT2D eigenvalue weighted by Crippen LogP contribution is 2.22. The fourth-order valence-electron chi connectivity index (χ4n) is 6.58. The fraction of sp³-hybridized carbons (Fsp3) is 0.660. The molecular weight excluding hydrogens is 797 g/mol. The van der Waals surface area contributed by atoms with Crippen molar-refractivity contribution in [3.63, 3.8) is 0 Å². The molecule has 0 aromatic rings. The Kier molecular flexibility index (Phi) is 38.9. The van der Waals surface area contributed by atoms with Crippen LogP contribution in [0.25, 0.3) is 0 Å². The monoisotopic (exact) mass is 883 g/mol. The fourth-order valence-corrected chi connectivity index (χ4v) is 6.58. The Morgan fingerprint density at radius 2 is 0.937 bits per heavy atom. The third kappa shape index (κ3) is 33.8. The van der Waals surface area contributed by atoms with Gasteiger partial charge in [0.15, 0.2) is 12.4 Å². The van der Waals surface area contributed by atoms with Gasteiger partial charge in [0, 0.05) is 12.8 Å². The molecule has 1 saturated heterocycles. The predicted octanol–water partition coefficient (Wildman–Crippen LogP) is 11.1. The molecule has 1 aliphatic heterocycles. The third-order valence-corrected chi connectivity index (χ3v) is 10.4. The number of allylic oxidation sites excluding steroid dienone is 16. The van der Waals surface area contributed by atoms with Gasteiger partial charge in [0.05, 0.1) is 13.2 Å². The van der Waals surface area contributed by atoms with Gasteiger partial charge in [-0.25, -0.2) is 0 Å². The molecule has 1 rings (SSSR count). The minimum Gasteiger partial charge on any atom is -0.462 e. The first-order chi connectivity index (χ1) is 30.8. The lowest BCUT2D eigenvalue weighted by molar-refractivity contribution is -0.305. The number of hydrogen-bond acceptors (Lipinski definition) is 10. The number of unbranched alkanes of at least 4 members (excludes halogenated alkanes) is 12. The van der Waals surface area contributed by atoms with Gasteiger partial charge >= 0.3 is 11.9 Å². The number of aliphatic hydroxyl groups excluding tert-OH is 4. The van der Waals surface area contributed by atoms with Crippen LogP contribution in [-0.4, -0.2) is 89.0 Å². The summed E-state index contributed by atoms with van der Waals surface area (Å²) in [6.45, 7) is 3.25. The summed E-state index contributed by atoms with van der Waals surface area (Å²) in [6, 6.07) is 0. The van der Waals surface area contributed by atoms with Crippen LogP contribution in [0.2, 0.25) is 0 Å². The van der Waals surface area contributed by atoms with E-state index >= 15 is 0 Å². The highest BCUT2D eigenvalue weighted by atomic mass is 16.7. The molecule has 6 atom stereocenters. The van der Waals surface area contributed by atoms with Gasteiger partial charge in [-0.1, -0.05) is 162 Å². The SMILES string of the molecule is CCC/C=C/C/C=C/C/C=C/C/C=C/CCCCCC(=O)O[C@@H](COC(=O)CCC/C=C/C/C=C/C/C=C/C/C=C/CCCCCCCCC)CO[C@H]1O[C@@H](CO)[C@@H](O)C(O)C1O. The number of esters is 2. The van der Waals surface area contributed by atoms with Gasteiger partial charge in [-0.15, -0.1) is 0 Å². The van der Waals surface area contributed by atoms with Crippen molar-refractivity contribution in [3.05, 3.63) is 97.2 Å². The molecule has 0 aliphatic carbocycles. The molecule has 0 radical (unpaired) electrons. The Hall–Kier alpha value is -3.38. The Balaban J connectivity index is 2.37. The van der Waals surface area contributed by atoms with Crippen molar-refractivity contribution in [3.8, 4) is 0 Å². The van der Waals surface area contributed by atoms with Crippen LogP contribution < -0.4 is 0 Å². The normalized spacial score (nSPS) is 20.4. The van der Waals surface area contributed by atoms with Gasteiger partial charge in [0.1, 0.15) is 31.0 Å². The summed E-state index contributed by atoms with van der Waals surface area (Å²) >= 11 is 0. The molecule has 0 saturated carbocycles. The van der Waals surface area contributed by atoms with Crippen molar-refractivity contribution < 1.29 is 49.0 Å². The standard InChI is InChI=1S/C53H86O10/c1-3-5-7-9-11-13-15-17-19-21-22-23-24-26-27-29-31-33-35-37-39-41-48(55)60-44-46(45-61-53-52(59)51(58)50(57)47(43-54)63-53)62-49(56)42-40-38-36-34-32-30-28-25-20-18-16-14-12-10-8-6-4-2/h8,10,14,16,19-21,23-25,27,29-30,32-33,35,46-47,50-54,57-59H,3-7,9,11-13,15,17-18,22,26,28,31,34,36-45H2,1-2H3/b10-8+,16-14+,21-19+,24-23+,25-20+,29-27+,32-30+,35-33+/t46-,47-,50+,51?,52?,53-/m0/s1. The molecule has 0 spiro atoms. The van der Waals surface area contributed by atoms with E-state index in [0.717, 1.165) is 70.6 Å². The number of ether oxygens (including phenoxy) is 4. The predicted molar refractivity (Wildman–Crippen MR) is 256 cm³/mol. The second-order valence-corrected chi connectivity index (χ2v) is 16.2. The number of carbonyl (C=O) groups is 2. The molecule has 0 aromatic carbocycles. The van der Waals surface area contributed by atoms with E-state index in [2.05, 4.69) is 105 Å². The van der Waals surface area contributed by atoms with Gasteiger partial charge in [0.2, 0.25) is 0 Å². The van der Waals surface area contributed by atoms with Crippen LogP contribution in [0.1, 0.15) is 168 Å². The highest BCUT2D eigenvalue weighted by Gasteiger charge is 2.44. The topological polar surface area (TPSA) is 152 Å². The summed E-state index contributed by atoms with van der Waals surface area (Å²) in [4.78, 5) is 25.4. The molecule has 10 heteroatoms. The van der Waals surface area contributed by atoms with Crippen molar-refractivity contribution >= 4 is 11.9 Å². The number of aliphatic hydroxyl groups is 4. The number of hydrogen-bond donors (Lipinski definition) is 4. The lowest BCUT2D eigenvalue weighted by Crippen LogP contribution is -2.59. The molecular formula is C53H86O10. The zero-order valence-electron chi connectivity index (χ0n) is 39.0. The Morgan fingerprint density at radius 3 is 1.44 bits per heavy atom. The lowest BCUT2D eigenvalue weighted by atomic mass is 9.99. The molecule has 1 aliphatic rings. The largest absolute Gasteiger partial charge is 0.462 e. The van der Waals surface area contributed by atoms with Crippen LogP contribution in [-0.2, 0) is 28.5 Å². The average molecular weight is 883 g/mol. The molecule has 358 valence electrons. The van der Waals surface area contributed by atoms with Crippen LogP contribution in [0.5, 0.6) is 0 Å². The molecule has 10 nitrogen and oxygen atoms in total. The van der Waals surface area contributed by atoms with Gasteiger partial charge in [-0.05, 0) is 89.9 Å². The van der Waals surface area contributed by atoms with E-state index in [1.165, 1.54) is 57.8 Å². The highest BCUT2D eigenvalue weighted by molar-refractivity contribution is 5.70. The van der Waals surface area contributed by atoms with Crippen LogP contribution in [0.3, 0.4) is 0 Å². The number of carbonyl (C=O) groups excluding carboxylic acids is 2. The third-order valence-electron chi connectivity index (χ3n) is 10.4. The van der Waals surface area contributed by atoms with E-state index in [4.69, 9.17) is 18.9 Å². The first kappa shape index (κ1) is 57.6. The van der Waals surface area contributed by atoms with Crippen LogP contribution in [0, 0.1) is 0 Å². The van der Waals surface area contributed by atoms with Crippen molar-refractivity contribution in [1.82, 2.24) is 0 Å². The van der Waals surface area contributed by atoms with Crippen LogP contribution in [0.4, 0.5) is 0 Å². The van der Waals surface area contributed by atoms with Gasteiger partial charge in [-0.2, -0.15) is 0 Å². The van der Waals surface area contributed by atoms with Crippen molar-refractivity contribution in [2.45, 2.75) is 205 Å². The second kappa shape index (κ2) is 42.6. The smallest absolute Gasteiger partial charge is 0.306 e. The molecule has 2 unspecified atom stereocenters.